The Bertz CT molecular complexity index is 691. The second kappa shape index (κ2) is 8.68. The van der Waals surface area contributed by atoms with Crippen molar-refractivity contribution in [2.75, 3.05) is 20.8 Å². The molecule has 0 fully saturated rings. The van der Waals surface area contributed by atoms with E-state index in [9.17, 15) is 10.1 Å². The SMILES string of the molecule is CCC(C#N)N1CCc2cc(OC)c(OC)cc2C1C/C=C(\C)C=O. The van der Waals surface area contributed by atoms with Gasteiger partial charge in [0.05, 0.1) is 26.3 Å². The summed E-state index contributed by atoms with van der Waals surface area (Å²) in [5.41, 5.74) is 3.06. The van der Waals surface area contributed by atoms with Gasteiger partial charge in [-0.1, -0.05) is 13.0 Å². The fourth-order valence-electron chi connectivity index (χ4n) is 3.43. The van der Waals surface area contributed by atoms with Crippen LogP contribution in [0.15, 0.2) is 23.8 Å². The largest absolute Gasteiger partial charge is 0.493 e. The van der Waals surface area contributed by atoms with Crippen LogP contribution >= 0.6 is 0 Å². The van der Waals surface area contributed by atoms with Crippen LogP contribution in [0.1, 0.15) is 43.9 Å². The lowest BCUT2D eigenvalue weighted by molar-refractivity contribution is -0.104. The number of allylic oxidation sites excluding steroid dienone is 1. The fraction of sp³-hybridized carbons (Fsp3) is 0.500. The summed E-state index contributed by atoms with van der Waals surface area (Å²) >= 11 is 0. The summed E-state index contributed by atoms with van der Waals surface area (Å²) in [6.45, 7) is 4.64. The zero-order valence-corrected chi connectivity index (χ0v) is 15.4. The predicted molar refractivity (Wildman–Crippen MR) is 96.8 cm³/mol. The highest BCUT2D eigenvalue weighted by atomic mass is 16.5. The van der Waals surface area contributed by atoms with E-state index in [0.717, 1.165) is 37.0 Å². The molecule has 0 aliphatic carbocycles. The average Bonchev–Trinajstić information content (AvgIpc) is 2.66. The maximum absolute atomic E-state index is 11.0. The van der Waals surface area contributed by atoms with Crippen molar-refractivity contribution in [1.29, 1.82) is 5.26 Å². The van der Waals surface area contributed by atoms with Crippen LogP contribution in [0.4, 0.5) is 0 Å². The molecule has 1 aromatic rings. The van der Waals surface area contributed by atoms with Gasteiger partial charge in [0.15, 0.2) is 11.5 Å². The van der Waals surface area contributed by atoms with E-state index in [4.69, 9.17) is 9.47 Å². The summed E-state index contributed by atoms with van der Waals surface area (Å²) in [6, 6.07) is 6.36. The number of carbonyl (C=O) groups excluding carboxylic acids is 1. The highest BCUT2D eigenvalue weighted by molar-refractivity contribution is 5.72. The maximum Gasteiger partial charge on any atom is 0.161 e. The van der Waals surface area contributed by atoms with Crippen LogP contribution in [0.2, 0.25) is 0 Å². The molecular formula is C20H26N2O3. The summed E-state index contributed by atoms with van der Waals surface area (Å²) in [6.07, 6.45) is 5.13. The van der Waals surface area contributed by atoms with Crippen molar-refractivity contribution >= 4 is 6.29 Å². The Hall–Kier alpha value is -2.32. The number of hydrogen-bond donors (Lipinski definition) is 0. The molecule has 1 aliphatic rings. The first kappa shape index (κ1) is 19.0. The third kappa shape index (κ3) is 4.02. The lowest BCUT2D eigenvalue weighted by Crippen LogP contribution is -2.42. The van der Waals surface area contributed by atoms with E-state index < -0.39 is 0 Å². The van der Waals surface area contributed by atoms with Crippen LogP contribution in [0, 0.1) is 11.3 Å². The molecule has 0 amide bonds. The highest BCUT2D eigenvalue weighted by Crippen LogP contribution is 2.40. The van der Waals surface area contributed by atoms with E-state index in [1.807, 2.05) is 25.1 Å². The molecule has 2 atom stereocenters. The summed E-state index contributed by atoms with van der Waals surface area (Å²) in [5.74, 6) is 1.41. The molecule has 0 spiro atoms. The first-order valence-electron chi connectivity index (χ1n) is 8.61. The van der Waals surface area contributed by atoms with Crippen molar-refractivity contribution < 1.29 is 14.3 Å². The van der Waals surface area contributed by atoms with Gasteiger partial charge in [-0.05, 0) is 55.0 Å². The molecule has 1 aliphatic heterocycles. The molecule has 134 valence electrons. The third-order valence-electron chi connectivity index (χ3n) is 4.83. The normalized spacial score (nSPS) is 18.8. The van der Waals surface area contributed by atoms with Gasteiger partial charge in [0, 0.05) is 12.6 Å². The van der Waals surface area contributed by atoms with Gasteiger partial charge < -0.3 is 9.47 Å². The van der Waals surface area contributed by atoms with E-state index in [-0.39, 0.29) is 12.1 Å². The number of benzene rings is 1. The molecule has 2 rings (SSSR count). The number of rotatable bonds is 7. The molecule has 0 N–H and O–H groups in total. The average molecular weight is 342 g/mol. The quantitative estimate of drug-likeness (QED) is 0.561. The first-order chi connectivity index (χ1) is 12.1. The third-order valence-corrected chi connectivity index (χ3v) is 4.83. The zero-order valence-electron chi connectivity index (χ0n) is 15.4. The van der Waals surface area contributed by atoms with Gasteiger partial charge in [-0.2, -0.15) is 5.26 Å². The van der Waals surface area contributed by atoms with Crippen LogP contribution < -0.4 is 9.47 Å². The summed E-state index contributed by atoms with van der Waals surface area (Å²) < 4.78 is 10.9. The Morgan fingerprint density at radius 2 is 2.08 bits per heavy atom. The molecule has 25 heavy (non-hydrogen) atoms. The minimum Gasteiger partial charge on any atom is -0.493 e. The van der Waals surface area contributed by atoms with Gasteiger partial charge in [0.25, 0.3) is 0 Å². The van der Waals surface area contributed by atoms with Crippen LogP contribution in [0.3, 0.4) is 0 Å². The Kier molecular flexibility index (Phi) is 6.60. The summed E-state index contributed by atoms with van der Waals surface area (Å²) in [5, 5.41) is 9.54. The van der Waals surface area contributed by atoms with E-state index in [1.54, 1.807) is 21.1 Å². The number of nitriles is 1. The standard InChI is InChI=1S/C20H26N2O3/c1-5-16(12-21)22-9-8-15-10-19(24-3)20(25-4)11-17(15)18(22)7-6-14(2)13-23/h6,10-11,13,16,18H,5,7-9H2,1-4H3/b14-6+. The molecule has 0 aromatic heterocycles. The maximum atomic E-state index is 11.0. The highest BCUT2D eigenvalue weighted by Gasteiger charge is 2.32. The van der Waals surface area contributed by atoms with Gasteiger partial charge >= 0.3 is 0 Å². The summed E-state index contributed by atoms with van der Waals surface area (Å²) in [4.78, 5) is 13.2. The van der Waals surface area contributed by atoms with E-state index in [0.29, 0.717) is 17.7 Å². The Morgan fingerprint density at radius 1 is 1.40 bits per heavy atom. The number of hydrogen-bond acceptors (Lipinski definition) is 5. The van der Waals surface area contributed by atoms with Crippen molar-refractivity contribution in [1.82, 2.24) is 4.90 Å². The molecule has 1 aromatic carbocycles. The van der Waals surface area contributed by atoms with Gasteiger partial charge in [-0.25, -0.2) is 0 Å². The minimum absolute atomic E-state index is 0.0445. The Labute approximate surface area is 149 Å². The lowest BCUT2D eigenvalue weighted by atomic mass is 9.88. The van der Waals surface area contributed by atoms with Crippen LogP contribution in [-0.4, -0.2) is 38.0 Å². The minimum atomic E-state index is -0.142. The number of methoxy groups -OCH3 is 2. The van der Waals surface area contributed by atoms with Crippen molar-refractivity contribution in [2.24, 2.45) is 0 Å². The lowest BCUT2D eigenvalue weighted by Gasteiger charge is -2.39. The first-order valence-corrected chi connectivity index (χ1v) is 8.61. The Morgan fingerprint density at radius 3 is 2.64 bits per heavy atom. The number of carbonyl (C=O) groups is 1. The van der Waals surface area contributed by atoms with Gasteiger partial charge in [-0.3, -0.25) is 9.69 Å². The van der Waals surface area contributed by atoms with E-state index in [2.05, 4.69) is 11.0 Å². The van der Waals surface area contributed by atoms with Gasteiger partial charge in [-0.15, -0.1) is 0 Å². The Balaban J connectivity index is 2.50. The van der Waals surface area contributed by atoms with Crippen molar-refractivity contribution in [3.63, 3.8) is 0 Å². The van der Waals surface area contributed by atoms with E-state index >= 15 is 0 Å². The van der Waals surface area contributed by atoms with Crippen molar-refractivity contribution in [2.45, 2.75) is 45.2 Å². The molecule has 0 radical (unpaired) electrons. The van der Waals surface area contributed by atoms with Crippen molar-refractivity contribution in [3.8, 4) is 17.6 Å². The van der Waals surface area contributed by atoms with Gasteiger partial charge in [0.1, 0.15) is 6.29 Å². The molecule has 0 saturated heterocycles. The zero-order chi connectivity index (χ0) is 18.4. The molecular weight excluding hydrogens is 316 g/mol. The second-order valence-corrected chi connectivity index (χ2v) is 6.26. The topological polar surface area (TPSA) is 62.6 Å². The molecule has 0 saturated carbocycles. The van der Waals surface area contributed by atoms with Crippen LogP contribution in [0.25, 0.3) is 0 Å². The molecule has 5 nitrogen and oxygen atoms in total. The number of nitrogens with zero attached hydrogens (tertiary/aromatic N) is 2. The smallest absolute Gasteiger partial charge is 0.161 e. The molecule has 1 heterocycles. The van der Waals surface area contributed by atoms with Crippen molar-refractivity contribution in [3.05, 3.63) is 34.9 Å². The number of fused-ring (bicyclic) bond motifs is 1. The van der Waals surface area contributed by atoms with E-state index in [1.165, 1.54) is 5.56 Å². The molecule has 2 unspecified atom stereocenters. The predicted octanol–water partition coefficient (Wildman–Crippen LogP) is 3.44. The second-order valence-electron chi connectivity index (χ2n) is 6.26. The molecule has 5 heteroatoms. The monoisotopic (exact) mass is 342 g/mol. The fourth-order valence-corrected chi connectivity index (χ4v) is 3.43. The molecule has 0 bridgehead atoms. The van der Waals surface area contributed by atoms with Gasteiger partial charge in [0.2, 0.25) is 0 Å². The van der Waals surface area contributed by atoms with Crippen LogP contribution in [-0.2, 0) is 11.2 Å². The summed E-state index contributed by atoms with van der Waals surface area (Å²) in [7, 11) is 3.26. The number of aldehydes is 1. The van der Waals surface area contributed by atoms with Crippen LogP contribution in [0.5, 0.6) is 11.5 Å². The number of ether oxygens (including phenoxy) is 2.